The fraction of sp³-hybridized carbons (Fsp3) is 0.600. The van der Waals surface area contributed by atoms with E-state index in [1.165, 1.54) is 0 Å². The summed E-state index contributed by atoms with van der Waals surface area (Å²) in [5, 5.41) is 16.1. The molecule has 0 aromatic rings. The highest BCUT2D eigenvalue weighted by Gasteiger charge is 1.95. The van der Waals surface area contributed by atoms with Gasteiger partial charge in [-0.3, -0.25) is 0 Å². The lowest BCUT2D eigenvalue weighted by Gasteiger charge is -1.92. The van der Waals surface area contributed by atoms with Gasteiger partial charge in [0.1, 0.15) is 0 Å². The summed E-state index contributed by atoms with van der Waals surface area (Å²) in [5.41, 5.74) is 5.15. The first-order valence-corrected chi connectivity index (χ1v) is 2.33. The van der Waals surface area contributed by atoms with Gasteiger partial charge in [0.25, 0.3) is 0 Å². The van der Waals surface area contributed by atoms with Crippen molar-refractivity contribution in [3.05, 3.63) is 0 Å². The van der Waals surface area contributed by atoms with E-state index < -0.39 is 6.04 Å². The zero-order valence-electron chi connectivity index (χ0n) is 4.46. The monoisotopic (exact) mass is 109 g/mol. The lowest BCUT2D eigenvalue weighted by atomic mass is 10.2. The third-order valence-electron chi connectivity index (χ3n) is 0.733. The number of nitriles is 2. The Kier molecular flexibility index (Phi) is 3.56. The Morgan fingerprint density at radius 2 is 2.12 bits per heavy atom. The highest BCUT2D eigenvalue weighted by Crippen LogP contribution is 1.88. The largest absolute Gasteiger partial charge is 0.316 e. The van der Waals surface area contributed by atoms with E-state index in [0.29, 0.717) is 12.8 Å². The van der Waals surface area contributed by atoms with Crippen LogP contribution < -0.4 is 5.73 Å². The van der Waals surface area contributed by atoms with Crippen LogP contribution >= 0.6 is 0 Å². The molecule has 0 aromatic carbocycles. The molecule has 42 valence electrons. The Labute approximate surface area is 48.3 Å². The van der Waals surface area contributed by atoms with E-state index in [4.69, 9.17) is 16.3 Å². The van der Waals surface area contributed by atoms with Crippen molar-refractivity contribution in [2.45, 2.75) is 18.9 Å². The molecule has 0 saturated carbocycles. The van der Waals surface area contributed by atoms with Gasteiger partial charge in [-0.2, -0.15) is 10.5 Å². The lowest BCUT2D eigenvalue weighted by molar-refractivity contribution is 0.750. The van der Waals surface area contributed by atoms with Gasteiger partial charge in [0.2, 0.25) is 0 Å². The number of rotatable bonds is 2. The van der Waals surface area contributed by atoms with Crippen LogP contribution in [0.15, 0.2) is 0 Å². The molecule has 0 amide bonds. The molecule has 0 radical (unpaired) electrons. The van der Waals surface area contributed by atoms with Gasteiger partial charge in [0.05, 0.1) is 18.2 Å². The number of hydrogen-bond donors (Lipinski definition) is 1. The quantitative estimate of drug-likeness (QED) is 0.548. The zero-order valence-corrected chi connectivity index (χ0v) is 4.46. The fourth-order valence-electron chi connectivity index (χ4n) is 0.285. The van der Waals surface area contributed by atoms with Gasteiger partial charge in [-0.05, 0) is 6.42 Å². The second-order valence-corrected chi connectivity index (χ2v) is 1.43. The van der Waals surface area contributed by atoms with E-state index in [1.807, 2.05) is 12.1 Å². The van der Waals surface area contributed by atoms with Crippen LogP contribution in [0.3, 0.4) is 0 Å². The summed E-state index contributed by atoms with van der Waals surface area (Å²) in [4.78, 5) is 0. The fourth-order valence-corrected chi connectivity index (χ4v) is 0.285. The highest BCUT2D eigenvalue weighted by molar-refractivity contribution is 4.88. The third-order valence-corrected chi connectivity index (χ3v) is 0.733. The molecule has 0 rings (SSSR count). The number of nitrogens with zero attached hydrogens (tertiary/aromatic N) is 2. The number of hydrogen-bond acceptors (Lipinski definition) is 3. The van der Waals surface area contributed by atoms with Crippen molar-refractivity contribution in [1.82, 2.24) is 0 Å². The molecular weight excluding hydrogens is 102 g/mol. The Hall–Kier alpha value is -1.06. The van der Waals surface area contributed by atoms with Crippen molar-refractivity contribution in [3.8, 4) is 12.1 Å². The van der Waals surface area contributed by atoms with Gasteiger partial charge < -0.3 is 5.73 Å². The predicted molar refractivity (Wildman–Crippen MR) is 28.4 cm³/mol. The third kappa shape index (κ3) is 3.14. The van der Waals surface area contributed by atoms with Crippen LogP contribution in [0.2, 0.25) is 0 Å². The Bertz CT molecular complexity index is 128. The Balaban J connectivity index is 3.18. The van der Waals surface area contributed by atoms with Gasteiger partial charge in [0, 0.05) is 6.42 Å². The van der Waals surface area contributed by atoms with E-state index in [1.54, 1.807) is 0 Å². The van der Waals surface area contributed by atoms with Crippen LogP contribution in [0.4, 0.5) is 0 Å². The van der Waals surface area contributed by atoms with Gasteiger partial charge in [-0.25, -0.2) is 0 Å². The summed E-state index contributed by atoms with van der Waals surface area (Å²) >= 11 is 0. The standard InChI is InChI=1S/C5H7N3/c6-3-1-2-5(8)4-7/h5H,1-2,8H2. The summed E-state index contributed by atoms with van der Waals surface area (Å²) in [6, 6.07) is 3.26. The topological polar surface area (TPSA) is 73.6 Å². The molecule has 0 aromatic heterocycles. The molecule has 0 heterocycles. The minimum Gasteiger partial charge on any atom is -0.316 e. The maximum absolute atomic E-state index is 8.08. The normalized spacial score (nSPS) is 11.4. The van der Waals surface area contributed by atoms with Gasteiger partial charge in [-0.15, -0.1) is 0 Å². The molecule has 0 aliphatic heterocycles. The molecule has 0 bridgehead atoms. The summed E-state index contributed by atoms with van der Waals surface area (Å²) in [6.07, 6.45) is 0.849. The smallest absolute Gasteiger partial charge is 0.0937 e. The minimum absolute atomic E-state index is 0.370. The van der Waals surface area contributed by atoms with Crippen LogP contribution in [-0.2, 0) is 0 Å². The molecule has 3 heteroatoms. The first kappa shape index (κ1) is 6.94. The molecule has 1 unspecified atom stereocenters. The van der Waals surface area contributed by atoms with Gasteiger partial charge >= 0.3 is 0 Å². The Morgan fingerprint density at radius 3 is 2.50 bits per heavy atom. The molecule has 8 heavy (non-hydrogen) atoms. The van der Waals surface area contributed by atoms with Crippen molar-refractivity contribution in [2.24, 2.45) is 5.73 Å². The van der Waals surface area contributed by atoms with Crippen molar-refractivity contribution in [2.75, 3.05) is 0 Å². The van der Waals surface area contributed by atoms with E-state index >= 15 is 0 Å². The van der Waals surface area contributed by atoms with Crippen molar-refractivity contribution in [3.63, 3.8) is 0 Å². The molecular formula is C5H7N3. The summed E-state index contributed by atoms with van der Waals surface area (Å²) < 4.78 is 0. The molecule has 2 N–H and O–H groups in total. The second kappa shape index (κ2) is 4.11. The predicted octanol–water partition coefficient (Wildman–Crippen LogP) is 0.141. The van der Waals surface area contributed by atoms with E-state index in [2.05, 4.69) is 0 Å². The van der Waals surface area contributed by atoms with E-state index in [0.717, 1.165) is 0 Å². The molecule has 3 nitrogen and oxygen atoms in total. The molecule has 0 spiro atoms. The second-order valence-electron chi connectivity index (χ2n) is 1.43. The summed E-state index contributed by atoms with van der Waals surface area (Å²) in [7, 11) is 0. The first-order valence-electron chi connectivity index (χ1n) is 2.33. The maximum atomic E-state index is 8.08. The molecule has 0 fully saturated rings. The SMILES string of the molecule is N#CCCC(N)C#N. The van der Waals surface area contributed by atoms with Crippen molar-refractivity contribution in [1.29, 1.82) is 10.5 Å². The van der Waals surface area contributed by atoms with E-state index in [9.17, 15) is 0 Å². The lowest BCUT2D eigenvalue weighted by Crippen LogP contribution is -2.16. The zero-order chi connectivity index (χ0) is 6.41. The van der Waals surface area contributed by atoms with Crippen LogP contribution in [-0.4, -0.2) is 6.04 Å². The number of nitrogens with two attached hydrogens (primary N) is 1. The average Bonchev–Trinajstić information content (AvgIpc) is 1.83. The summed E-state index contributed by atoms with van der Waals surface area (Å²) in [5.74, 6) is 0. The van der Waals surface area contributed by atoms with Gasteiger partial charge in [0.15, 0.2) is 0 Å². The highest BCUT2D eigenvalue weighted by atomic mass is 14.6. The van der Waals surface area contributed by atoms with Crippen LogP contribution in [0.5, 0.6) is 0 Å². The Morgan fingerprint density at radius 1 is 1.50 bits per heavy atom. The van der Waals surface area contributed by atoms with Crippen molar-refractivity contribution >= 4 is 0 Å². The molecule has 0 aliphatic rings. The molecule has 1 atom stereocenters. The first-order chi connectivity index (χ1) is 3.81. The summed E-state index contributed by atoms with van der Waals surface area (Å²) in [6.45, 7) is 0. The van der Waals surface area contributed by atoms with Gasteiger partial charge in [-0.1, -0.05) is 0 Å². The molecule has 0 aliphatic carbocycles. The average molecular weight is 109 g/mol. The minimum atomic E-state index is -0.463. The van der Waals surface area contributed by atoms with E-state index in [-0.39, 0.29) is 0 Å². The van der Waals surface area contributed by atoms with Crippen LogP contribution in [0.25, 0.3) is 0 Å². The maximum Gasteiger partial charge on any atom is 0.0937 e. The van der Waals surface area contributed by atoms with Crippen LogP contribution in [0.1, 0.15) is 12.8 Å². The molecule has 0 saturated heterocycles. The van der Waals surface area contributed by atoms with Crippen molar-refractivity contribution < 1.29 is 0 Å². The van der Waals surface area contributed by atoms with Crippen LogP contribution in [0, 0.1) is 22.7 Å².